The molecule has 0 unspecified atom stereocenters. The van der Waals surface area contributed by atoms with Gasteiger partial charge in [0.1, 0.15) is 0 Å². The Kier molecular flexibility index (Phi) is 4.61. The molecule has 0 aliphatic carbocycles. The summed E-state index contributed by atoms with van der Waals surface area (Å²) in [4.78, 5) is 21.0. The lowest BCUT2D eigenvalue weighted by atomic mass is 10.2. The number of rotatable bonds is 4. The van der Waals surface area contributed by atoms with Crippen LogP contribution in [0.1, 0.15) is 12.5 Å². The van der Waals surface area contributed by atoms with E-state index in [2.05, 4.69) is 15.3 Å². The summed E-state index contributed by atoms with van der Waals surface area (Å²) in [6, 6.07) is 6.06. The predicted molar refractivity (Wildman–Crippen MR) is 60.8 cm³/mol. The summed E-state index contributed by atoms with van der Waals surface area (Å²) in [5.41, 5.74) is 2.30. The highest BCUT2D eigenvalue weighted by atomic mass is 16.6. The number of carbonyl (C=O) groups is 1. The smallest absolute Gasteiger partial charge is 0.427 e. The third kappa shape index (κ3) is 3.90. The highest BCUT2D eigenvalue weighted by Gasteiger charge is 2.09. The van der Waals surface area contributed by atoms with E-state index in [0.29, 0.717) is 5.56 Å². The first-order chi connectivity index (χ1) is 8.15. The van der Waals surface area contributed by atoms with E-state index in [1.807, 2.05) is 0 Å². The summed E-state index contributed by atoms with van der Waals surface area (Å²) in [7, 11) is 0. The van der Waals surface area contributed by atoms with Crippen molar-refractivity contribution in [2.45, 2.75) is 6.92 Å². The fraction of sp³-hybridized carbons (Fsp3) is 0.200. The van der Waals surface area contributed by atoms with E-state index in [1.165, 1.54) is 18.3 Å². The summed E-state index contributed by atoms with van der Waals surface area (Å²) in [6.45, 7) is 1.89. The molecule has 0 fully saturated rings. The first-order valence-corrected chi connectivity index (χ1v) is 4.84. The highest BCUT2D eigenvalue weighted by molar-refractivity contribution is 5.85. The van der Waals surface area contributed by atoms with Gasteiger partial charge in [-0.25, -0.2) is 10.2 Å². The number of carbonyl (C=O) groups excluding carboxylic acids is 1. The Labute approximate surface area is 97.2 Å². The minimum atomic E-state index is -0.706. The SMILES string of the molecule is CCOC(=O)N/N=C\c1ccccc1[N+](=O)[O-]. The number of ether oxygens (including phenoxy) is 1. The average molecular weight is 237 g/mol. The number of nitrogens with zero attached hydrogens (tertiary/aromatic N) is 2. The molecule has 0 spiro atoms. The van der Waals surface area contributed by atoms with Gasteiger partial charge in [0.2, 0.25) is 0 Å². The minimum Gasteiger partial charge on any atom is -0.449 e. The molecule has 0 saturated heterocycles. The average Bonchev–Trinajstić information content (AvgIpc) is 2.30. The van der Waals surface area contributed by atoms with Crippen molar-refractivity contribution in [2.75, 3.05) is 6.61 Å². The van der Waals surface area contributed by atoms with Gasteiger partial charge in [0, 0.05) is 6.07 Å². The second-order valence-corrected chi connectivity index (χ2v) is 2.91. The molecular formula is C10H11N3O4. The Morgan fingerprint density at radius 1 is 1.59 bits per heavy atom. The number of benzene rings is 1. The van der Waals surface area contributed by atoms with Crippen LogP contribution in [0.3, 0.4) is 0 Å². The third-order valence-electron chi connectivity index (χ3n) is 1.77. The number of nitro benzene ring substituents is 1. The van der Waals surface area contributed by atoms with Crippen LogP contribution in [0.5, 0.6) is 0 Å². The van der Waals surface area contributed by atoms with Crippen LogP contribution < -0.4 is 5.43 Å². The van der Waals surface area contributed by atoms with Gasteiger partial charge in [0.15, 0.2) is 0 Å². The lowest BCUT2D eigenvalue weighted by Crippen LogP contribution is -2.18. The van der Waals surface area contributed by atoms with Crippen LogP contribution in [0.4, 0.5) is 10.5 Å². The van der Waals surface area contributed by atoms with Crippen LogP contribution in [0.2, 0.25) is 0 Å². The van der Waals surface area contributed by atoms with Gasteiger partial charge in [0.25, 0.3) is 5.69 Å². The predicted octanol–water partition coefficient (Wildman–Crippen LogP) is 1.67. The first kappa shape index (κ1) is 12.6. The number of nitro groups is 1. The fourth-order valence-electron chi connectivity index (χ4n) is 1.08. The summed E-state index contributed by atoms with van der Waals surface area (Å²) < 4.78 is 4.56. The van der Waals surface area contributed by atoms with Gasteiger partial charge >= 0.3 is 6.09 Å². The monoisotopic (exact) mass is 237 g/mol. The Morgan fingerprint density at radius 2 is 2.29 bits per heavy atom. The molecule has 7 heteroatoms. The molecule has 0 aliphatic heterocycles. The van der Waals surface area contributed by atoms with Gasteiger partial charge in [-0.1, -0.05) is 12.1 Å². The van der Waals surface area contributed by atoms with Crippen molar-refractivity contribution in [1.82, 2.24) is 5.43 Å². The van der Waals surface area contributed by atoms with E-state index < -0.39 is 11.0 Å². The molecule has 1 N–H and O–H groups in total. The second kappa shape index (κ2) is 6.21. The standard InChI is InChI=1S/C10H11N3O4/c1-2-17-10(14)12-11-7-8-5-3-4-6-9(8)13(15)16/h3-7H,2H2,1H3,(H,12,14)/b11-7-. The Morgan fingerprint density at radius 3 is 2.94 bits per heavy atom. The normalized spacial score (nSPS) is 10.2. The molecule has 0 saturated carbocycles. The maximum absolute atomic E-state index is 10.9. The lowest BCUT2D eigenvalue weighted by molar-refractivity contribution is -0.385. The summed E-state index contributed by atoms with van der Waals surface area (Å²) in [5.74, 6) is 0. The van der Waals surface area contributed by atoms with Crippen molar-refractivity contribution < 1.29 is 14.5 Å². The number of hydrogen-bond donors (Lipinski definition) is 1. The largest absolute Gasteiger partial charge is 0.449 e. The molecule has 1 aromatic carbocycles. The minimum absolute atomic E-state index is 0.0816. The van der Waals surface area contributed by atoms with E-state index in [9.17, 15) is 14.9 Å². The van der Waals surface area contributed by atoms with Crippen molar-refractivity contribution >= 4 is 18.0 Å². The van der Waals surface area contributed by atoms with Gasteiger partial charge in [-0.15, -0.1) is 0 Å². The molecule has 0 aromatic heterocycles. The highest BCUT2D eigenvalue weighted by Crippen LogP contribution is 2.14. The van der Waals surface area contributed by atoms with Gasteiger partial charge in [-0.3, -0.25) is 10.1 Å². The summed E-state index contributed by atoms with van der Waals surface area (Å²) in [6.07, 6.45) is 0.483. The van der Waals surface area contributed by atoms with Crippen LogP contribution in [-0.4, -0.2) is 23.8 Å². The van der Waals surface area contributed by atoms with Crippen LogP contribution >= 0.6 is 0 Å². The fourth-order valence-corrected chi connectivity index (χ4v) is 1.08. The molecule has 1 amide bonds. The third-order valence-corrected chi connectivity index (χ3v) is 1.77. The maximum atomic E-state index is 10.9. The van der Waals surface area contributed by atoms with E-state index in [0.717, 1.165) is 0 Å². The van der Waals surface area contributed by atoms with Gasteiger partial charge in [-0.2, -0.15) is 5.10 Å². The number of hydrazone groups is 1. The number of para-hydroxylation sites is 1. The Hall–Kier alpha value is -2.44. The summed E-state index contributed by atoms with van der Waals surface area (Å²) >= 11 is 0. The molecular weight excluding hydrogens is 226 g/mol. The van der Waals surface area contributed by atoms with Gasteiger partial charge in [0.05, 0.1) is 23.3 Å². The molecule has 0 bridgehead atoms. The van der Waals surface area contributed by atoms with Gasteiger partial charge < -0.3 is 4.74 Å². The van der Waals surface area contributed by atoms with Crippen molar-refractivity contribution in [3.63, 3.8) is 0 Å². The Balaban J connectivity index is 2.71. The van der Waals surface area contributed by atoms with E-state index in [-0.39, 0.29) is 12.3 Å². The molecule has 0 radical (unpaired) electrons. The second-order valence-electron chi connectivity index (χ2n) is 2.91. The summed E-state index contributed by atoms with van der Waals surface area (Å²) in [5, 5.41) is 14.2. The van der Waals surface area contributed by atoms with E-state index >= 15 is 0 Å². The molecule has 1 rings (SSSR count). The Bertz CT molecular complexity index is 445. The zero-order chi connectivity index (χ0) is 12.7. The zero-order valence-corrected chi connectivity index (χ0v) is 9.12. The molecule has 0 heterocycles. The first-order valence-electron chi connectivity index (χ1n) is 4.84. The van der Waals surface area contributed by atoms with E-state index in [1.54, 1.807) is 19.1 Å². The molecule has 90 valence electrons. The molecule has 7 nitrogen and oxygen atoms in total. The van der Waals surface area contributed by atoms with E-state index in [4.69, 9.17) is 0 Å². The number of hydrogen-bond acceptors (Lipinski definition) is 5. The van der Waals surface area contributed by atoms with Crippen molar-refractivity contribution in [2.24, 2.45) is 5.10 Å². The lowest BCUT2D eigenvalue weighted by Gasteiger charge is -1.99. The van der Waals surface area contributed by atoms with Crippen molar-refractivity contribution in [3.8, 4) is 0 Å². The molecule has 17 heavy (non-hydrogen) atoms. The zero-order valence-electron chi connectivity index (χ0n) is 9.12. The van der Waals surface area contributed by atoms with Gasteiger partial charge in [-0.05, 0) is 13.0 Å². The quantitative estimate of drug-likeness (QED) is 0.489. The van der Waals surface area contributed by atoms with Crippen LogP contribution in [-0.2, 0) is 4.74 Å². The molecule has 1 aromatic rings. The van der Waals surface area contributed by atoms with Crippen LogP contribution in [0, 0.1) is 10.1 Å². The maximum Gasteiger partial charge on any atom is 0.427 e. The van der Waals surface area contributed by atoms with Crippen LogP contribution in [0.15, 0.2) is 29.4 Å². The topological polar surface area (TPSA) is 93.8 Å². The number of amides is 1. The van der Waals surface area contributed by atoms with Crippen molar-refractivity contribution in [1.29, 1.82) is 0 Å². The number of nitrogens with one attached hydrogen (secondary N) is 1. The van der Waals surface area contributed by atoms with Crippen molar-refractivity contribution in [3.05, 3.63) is 39.9 Å². The molecule has 0 atom stereocenters. The van der Waals surface area contributed by atoms with Crippen LogP contribution in [0.25, 0.3) is 0 Å². The molecule has 0 aliphatic rings.